The highest BCUT2D eigenvalue weighted by Gasteiger charge is 2.31. The summed E-state index contributed by atoms with van der Waals surface area (Å²) in [5, 5.41) is 2.75. The van der Waals surface area contributed by atoms with E-state index in [0.29, 0.717) is 16.1 Å². The molecule has 0 saturated carbocycles. The molecule has 2 N–H and O–H groups in total. The zero-order chi connectivity index (χ0) is 19.2. The molecule has 0 heterocycles. The van der Waals surface area contributed by atoms with Gasteiger partial charge < -0.3 is 14.8 Å². The van der Waals surface area contributed by atoms with Crippen molar-refractivity contribution in [3.63, 3.8) is 0 Å². The molecule has 4 nitrogen and oxygen atoms in total. The van der Waals surface area contributed by atoms with E-state index < -0.39 is 6.36 Å². The molecule has 0 fully saturated rings. The Bertz CT molecular complexity index is 807. The molecule has 8 heteroatoms. The first kappa shape index (κ1) is 19.7. The average Bonchev–Trinajstić information content (AvgIpc) is 2.59. The summed E-state index contributed by atoms with van der Waals surface area (Å²) < 4.78 is 43.8. The standard InChI is InChI=1S/C18H17F3N2O2S/c1-3-12(2)22-17(24)15-9-4-5-10-16(15)23-26-14-8-6-7-13(11-14)25-18(19,20)21/h3-11,23H,1-2H3,(H,22,24)/b12-3+. The number of nitrogens with one attached hydrogen (secondary N) is 2. The van der Waals surface area contributed by atoms with E-state index in [9.17, 15) is 18.0 Å². The molecular formula is C18H17F3N2O2S. The van der Waals surface area contributed by atoms with Crippen molar-refractivity contribution >= 4 is 23.5 Å². The maximum absolute atomic E-state index is 12.3. The first-order valence-electron chi connectivity index (χ1n) is 7.60. The van der Waals surface area contributed by atoms with Gasteiger partial charge in [0.05, 0.1) is 11.3 Å². The van der Waals surface area contributed by atoms with E-state index in [1.54, 1.807) is 43.3 Å². The Kier molecular flexibility index (Phi) is 6.57. The molecule has 0 saturated heterocycles. The maximum atomic E-state index is 12.3. The van der Waals surface area contributed by atoms with Gasteiger partial charge in [-0.25, -0.2) is 0 Å². The van der Waals surface area contributed by atoms with Crippen LogP contribution in [0.15, 0.2) is 65.2 Å². The Balaban J connectivity index is 2.11. The van der Waals surface area contributed by atoms with Crippen LogP contribution in [0.2, 0.25) is 0 Å². The van der Waals surface area contributed by atoms with Crippen LogP contribution >= 0.6 is 11.9 Å². The largest absolute Gasteiger partial charge is 0.573 e. The smallest absolute Gasteiger partial charge is 0.406 e. The second-order valence-corrected chi connectivity index (χ2v) is 6.08. The Morgan fingerprint density at radius 1 is 1.15 bits per heavy atom. The van der Waals surface area contributed by atoms with Crippen molar-refractivity contribution < 1.29 is 22.7 Å². The summed E-state index contributed by atoms with van der Waals surface area (Å²) in [5.41, 5.74) is 1.68. The second-order valence-electron chi connectivity index (χ2n) is 5.20. The van der Waals surface area contributed by atoms with Crippen LogP contribution in [0.4, 0.5) is 18.9 Å². The molecule has 0 bridgehead atoms. The molecule has 0 atom stereocenters. The summed E-state index contributed by atoms with van der Waals surface area (Å²) in [7, 11) is 0. The SMILES string of the molecule is C/C=C(\C)NC(=O)c1ccccc1NSc1cccc(OC(F)(F)F)c1. The number of benzene rings is 2. The van der Waals surface area contributed by atoms with Gasteiger partial charge in [0.2, 0.25) is 0 Å². The summed E-state index contributed by atoms with van der Waals surface area (Å²) >= 11 is 1.08. The fraction of sp³-hybridized carbons (Fsp3) is 0.167. The molecule has 0 aliphatic heterocycles. The number of alkyl halides is 3. The normalized spacial score (nSPS) is 11.8. The lowest BCUT2D eigenvalue weighted by atomic mass is 10.1. The second kappa shape index (κ2) is 8.66. The fourth-order valence-electron chi connectivity index (χ4n) is 1.94. The molecule has 1 amide bonds. The Labute approximate surface area is 153 Å². The number of ether oxygens (including phenoxy) is 1. The number of amides is 1. The van der Waals surface area contributed by atoms with Crippen molar-refractivity contribution in [2.45, 2.75) is 25.1 Å². The van der Waals surface area contributed by atoms with E-state index in [1.165, 1.54) is 18.2 Å². The van der Waals surface area contributed by atoms with Crippen molar-refractivity contribution in [2.75, 3.05) is 4.72 Å². The average molecular weight is 382 g/mol. The van der Waals surface area contributed by atoms with Crippen LogP contribution in [0.3, 0.4) is 0 Å². The minimum absolute atomic E-state index is 0.279. The minimum Gasteiger partial charge on any atom is -0.406 e. The third-order valence-electron chi connectivity index (χ3n) is 3.23. The van der Waals surface area contributed by atoms with Gasteiger partial charge in [-0.2, -0.15) is 0 Å². The molecular weight excluding hydrogens is 365 g/mol. The molecule has 0 radical (unpaired) electrons. The Morgan fingerprint density at radius 3 is 2.58 bits per heavy atom. The van der Waals surface area contributed by atoms with Gasteiger partial charge in [-0.05, 0) is 56.1 Å². The number of halogens is 3. The van der Waals surface area contributed by atoms with Crippen LogP contribution in [0.25, 0.3) is 0 Å². The number of rotatable bonds is 6. The van der Waals surface area contributed by atoms with Crippen molar-refractivity contribution in [1.82, 2.24) is 5.32 Å². The number of carbonyl (C=O) groups excluding carboxylic acids is 1. The molecule has 0 aliphatic rings. The third kappa shape index (κ3) is 6.03. The van der Waals surface area contributed by atoms with Gasteiger partial charge >= 0.3 is 6.36 Å². The summed E-state index contributed by atoms with van der Waals surface area (Å²) in [4.78, 5) is 12.8. The fourth-order valence-corrected chi connectivity index (χ4v) is 2.66. The summed E-state index contributed by atoms with van der Waals surface area (Å²) in [6, 6.07) is 12.4. The molecule has 0 unspecified atom stereocenters. The van der Waals surface area contributed by atoms with Gasteiger partial charge in [0.15, 0.2) is 0 Å². The molecule has 2 rings (SSSR count). The van der Waals surface area contributed by atoms with Gasteiger partial charge in [0.25, 0.3) is 5.91 Å². The molecule has 2 aromatic rings. The third-order valence-corrected chi connectivity index (χ3v) is 4.04. The number of hydrogen-bond donors (Lipinski definition) is 2. The minimum atomic E-state index is -4.74. The van der Waals surface area contributed by atoms with Gasteiger partial charge in [-0.15, -0.1) is 13.2 Å². The highest BCUT2D eigenvalue weighted by atomic mass is 32.2. The van der Waals surface area contributed by atoms with E-state index in [2.05, 4.69) is 14.8 Å². The van der Waals surface area contributed by atoms with Crippen molar-refractivity contribution in [3.05, 3.63) is 65.9 Å². The highest BCUT2D eigenvalue weighted by molar-refractivity contribution is 8.00. The lowest BCUT2D eigenvalue weighted by Gasteiger charge is -2.13. The molecule has 138 valence electrons. The van der Waals surface area contributed by atoms with Gasteiger partial charge in [-0.3, -0.25) is 4.79 Å². The van der Waals surface area contributed by atoms with Crippen molar-refractivity contribution in [2.24, 2.45) is 0 Å². The monoisotopic (exact) mass is 382 g/mol. The number of hydrogen-bond acceptors (Lipinski definition) is 4. The lowest BCUT2D eigenvalue weighted by molar-refractivity contribution is -0.274. The van der Waals surface area contributed by atoms with E-state index in [0.717, 1.165) is 17.6 Å². The topological polar surface area (TPSA) is 50.4 Å². The quantitative estimate of drug-likeness (QED) is 0.661. The van der Waals surface area contributed by atoms with Crippen LogP contribution in [-0.2, 0) is 0 Å². The Morgan fingerprint density at radius 2 is 1.88 bits per heavy atom. The van der Waals surface area contributed by atoms with Crippen LogP contribution in [0.5, 0.6) is 5.75 Å². The van der Waals surface area contributed by atoms with Crippen LogP contribution in [0.1, 0.15) is 24.2 Å². The van der Waals surface area contributed by atoms with Gasteiger partial charge in [0.1, 0.15) is 5.75 Å². The molecule has 26 heavy (non-hydrogen) atoms. The Hall–Kier alpha value is -2.61. The zero-order valence-electron chi connectivity index (χ0n) is 14.1. The van der Waals surface area contributed by atoms with E-state index in [-0.39, 0.29) is 11.7 Å². The van der Waals surface area contributed by atoms with E-state index in [4.69, 9.17) is 0 Å². The maximum Gasteiger partial charge on any atom is 0.573 e. The summed E-state index contributed by atoms with van der Waals surface area (Å²) in [5.74, 6) is -0.586. The molecule has 0 aromatic heterocycles. The number of anilines is 1. The first-order valence-corrected chi connectivity index (χ1v) is 8.42. The first-order chi connectivity index (χ1) is 12.3. The number of allylic oxidation sites excluding steroid dienone is 2. The lowest BCUT2D eigenvalue weighted by Crippen LogP contribution is -2.22. The van der Waals surface area contributed by atoms with E-state index in [1.807, 2.05) is 6.92 Å². The van der Waals surface area contributed by atoms with Crippen LogP contribution in [-0.4, -0.2) is 12.3 Å². The summed E-state index contributed by atoms with van der Waals surface area (Å²) in [6.45, 7) is 3.58. The van der Waals surface area contributed by atoms with Crippen LogP contribution in [0, 0.1) is 0 Å². The zero-order valence-corrected chi connectivity index (χ0v) is 14.9. The van der Waals surface area contributed by atoms with Crippen LogP contribution < -0.4 is 14.8 Å². The predicted octanol–water partition coefficient (Wildman–Crippen LogP) is 5.36. The highest BCUT2D eigenvalue weighted by Crippen LogP contribution is 2.29. The van der Waals surface area contributed by atoms with Crippen molar-refractivity contribution in [1.29, 1.82) is 0 Å². The molecule has 2 aromatic carbocycles. The number of carbonyl (C=O) groups is 1. The van der Waals surface area contributed by atoms with Crippen molar-refractivity contribution in [3.8, 4) is 5.75 Å². The summed E-state index contributed by atoms with van der Waals surface area (Å²) in [6.07, 6.45) is -2.97. The molecule has 0 spiro atoms. The van der Waals surface area contributed by atoms with Gasteiger partial charge in [0, 0.05) is 10.6 Å². The van der Waals surface area contributed by atoms with E-state index >= 15 is 0 Å². The molecule has 0 aliphatic carbocycles. The number of para-hydroxylation sites is 1. The predicted molar refractivity (Wildman–Crippen MR) is 95.9 cm³/mol. The van der Waals surface area contributed by atoms with Gasteiger partial charge in [-0.1, -0.05) is 24.3 Å².